The number of benzene rings is 1. The molecule has 0 amide bonds. The number of carbonyl (C=O) groups is 1. The predicted molar refractivity (Wildman–Crippen MR) is 62.5 cm³/mol. The van der Waals surface area contributed by atoms with Crippen LogP contribution in [-0.4, -0.2) is 19.6 Å². The van der Waals surface area contributed by atoms with Crippen molar-refractivity contribution in [3.8, 4) is 0 Å². The molecule has 0 aliphatic carbocycles. The minimum Gasteiger partial charge on any atom is -0.469 e. The summed E-state index contributed by atoms with van der Waals surface area (Å²) in [6, 6.07) is 5.87. The fraction of sp³-hybridized carbons (Fsp3) is 0.417. The summed E-state index contributed by atoms with van der Waals surface area (Å²) in [6.07, 6.45) is 1.32. The molecular formula is C12H14ClNO2. The summed E-state index contributed by atoms with van der Waals surface area (Å²) < 4.78 is 4.69. The number of fused-ring (bicyclic) bond motifs is 1. The number of methoxy groups -OCH3 is 1. The number of ether oxygens (including phenoxy) is 1. The molecule has 2 rings (SSSR count). The van der Waals surface area contributed by atoms with Gasteiger partial charge < -0.3 is 10.1 Å². The van der Waals surface area contributed by atoms with Gasteiger partial charge in [-0.2, -0.15) is 0 Å². The van der Waals surface area contributed by atoms with E-state index in [9.17, 15) is 4.79 Å². The zero-order valence-corrected chi connectivity index (χ0v) is 9.88. The van der Waals surface area contributed by atoms with E-state index in [0.717, 1.165) is 23.6 Å². The van der Waals surface area contributed by atoms with Crippen LogP contribution in [0.4, 0.5) is 0 Å². The van der Waals surface area contributed by atoms with Crippen LogP contribution in [0.3, 0.4) is 0 Å². The van der Waals surface area contributed by atoms with Crippen molar-refractivity contribution in [1.29, 1.82) is 0 Å². The fourth-order valence-electron chi connectivity index (χ4n) is 2.05. The Labute approximate surface area is 99.7 Å². The highest BCUT2D eigenvalue weighted by Gasteiger charge is 2.22. The lowest BCUT2D eigenvalue weighted by atomic mass is 9.92. The van der Waals surface area contributed by atoms with Crippen LogP contribution in [0, 0.1) is 0 Å². The van der Waals surface area contributed by atoms with Gasteiger partial charge in [0.2, 0.25) is 0 Å². The van der Waals surface area contributed by atoms with Crippen molar-refractivity contribution in [2.75, 3.05) is 13.7 Å². The summed E-state index contributed by atoms with van der Waals surface area (Å²) in [5.41, 5.74) is 2.38. The topological polar surface area (TPSA) is 38.3 Å². The van der Waals surface area contributed by atoms with Gasteiger partial charge in [-0.1, -0.05) is 17.7 Å². The molecule has 3 nitrogen and oxygen atoms in total. The number of esters is 1. The third kappa shape index (κ3) is 2.36. The number of halogens is 1. The number of hydrogen-bond donors (Lipinski definition) is 1. The normalized spacial score (nSPS) is 19.0. The minimum atomic E-state index is -0.194. The molecule has 0 aromatic heterocycles. The van der Waals surface area contributed by atoms with Gasteiger partial charge in [0.15, 0.2) is 0 Å². The van der Waals surface area contributed by atoms with Gasteiger partial charge in [0.05, 0.1) is 13.5 Å². The number of rotatable bonds is 2. The Bertz CT molecular complexity index is 406. The van der Waals surface area contributed by atoms with Crippen LogP contribution in [0.1, 0.15) is 23.6 Å². The molecule has 0 saturated carbocycles. The first-order chi connectivity index (χ1) is 7.70. The maximum atomic E-state index is 11.3. The van der Waals surface area contributed by atoms with Crippen molar-refractivity contribution in [3.05, 3.63) is 34.3 Å². The first kappa shape index (κ1) is 11.4. The summed E-state index contributed by atoms with van der Waals surface area (Å²) in [6.45, 7) is 0.870. The van der Waals surface area contributed by atoms with Crippen LogP contribution >= 0.6 is 11.6 Å². The molecule has 1 heterocycles. The Morgan fingerprint density at radius 3 is 3.19 bits per heavy atom. The molecule has 1 unspecified atom stereocenters. The predicted octanol–water partition coefficient (Wildman–Crippen LogP) is 2.09. The summed E-state index contributed by atoms with van der Waals surface area (Å²) in [4.78, 5) is 11.3. The van der Waals surface area contributed by atoms with Gasteiger partial charge in [0, 0.05) is 11.1 Å². The molecule has 0 spiro atoms. The van der Waals surface area contributed by atoms with E-state index in [1.54, 1.807) is 0 Å². The third-order valence-electron chi connectivity index (χ3n) is 2.86. The summed E-state index contributed by atoms with van der Waals surface area (Å²) in [5, 5.41) is 4.06. The highest BCUT2D eigenvalue weighted by Crippen LogP contribution is 2.27. The molecule has 0 radical (unpaired) electrons. The molecule has 1 atom stereocenters. The Kier molecular flexibility index (Phi) is 3.46. The molecule has 16 heavy (non-hydrogen) atoms. The van der Waals surface area contributed by atoms with E-state index in [0.29, 0.717) is 6.42 Å². The molecule has 1 aromatic rings. The van der Waals surface area contributed by atoms with Crippen LogP contribution in [-0.2, 0) is 16.0 Å². The second-order valence-electron chi connectivity index (χ2n) is 3.88. The Hall–Kier alpha value is -1.06. The minimum absolute atomic E-state index is 0.0495. The number of carbonyl (C=O) groups excluding carboxylic acids is 1. The summed E-state index contributed by atoms with van der Waals surface area (Å²) >= 11 is 5.95. The van der Waals surface area contributed by atoms with Crippen LogP contribution in [0.2, 0.25) is 5.02 Å². The lowest BCUT2D eigenvalue weighted by Gasteiger charge is -2.26. The van der Waals surface area contributed by atoms with E-state index in [2.05, 4.69) is 10.1 Å². The first-order valence-electron chi connectivity index (χ1n) is 5.29. The molecule has 0 bridgehead atoms. The quantitative estimate of drug-likeness (QED) is 0.804. The number of hydrogen-bond acceptors (Lipinski definition) is 3. The molecular weight excluding hydrogens is 226 g/mol. The molecule has 4 heteroatoms. The van der Waals surface area contributed by atoms with Gasteiger partial charge in [-0.15, -0.1) is 0 Å². The average Bonchev–Trinajstić information content (AvgIpc) is 2.28. The molecule has 1 aliphatic rings. The maximum Gasteiger partial charge on any atom is 0.307 e. The Morgan fingerprint density at radius 1 is 1.62 bits per heavy atom. The highest BCUT2D eigenvalue weighted by atomic mass is 35.5. The molecule has 0 saturated heterocycles. The van der Waals surface area contributed by atoms with E-state index >= 15 is 0 Å². The van der Waals surface area contributed by atoms with E-state index in [-0.39, 0.29) is 12.0 Å². The van der Waals surface area contributed by atoms with Gasteiger partial charge in [-0.05, 0) is 36.2 Å². The van der Waals surface area contributed by atoms with E-state index in [1.807, 2.05) is 18.2 Å². The molecule has 1 aromatic carbocycles. The van der Waals surface area contributed by atoms with Gasteiger partial charge >= 0.3 is 5.97 Å². The third-order valence-corrected chi connectivity index (χ3v) is 3.10. The Morgan fingerprint density at radius 2 is 2.44 bits per heavy atom. The largest absolute Gasteiger partial charge is 0.469 e. The zero-order valence-electron chi connectivity index (χ0n) is 9.13. The SMILES string of the molecule is COC(=O)CC1NCCc2cc(Cl)ccc21. The van der Waals surface area contributed by atoms with Gasteiger partial charge in [0.1, 0.15) is 0 Å². The Balaban J connectivity index is 2.23. The average molecular weight is 240 g/mol. The first-order valence-corrected chi connectivity index (χ1v) is 5.67. The van der Waals surface area contributed by atoms with Crippen molar-refractivity contribution >= 4 is 17.6 Å². The van der Waals surface area contributed by atoms with E-state index in [1.165, 1.54) is 12.7 Å². The summed E-state index contributed by atoms with van der Waals surface area (Å²) in [7, 11) is 1.41. The lowest BCUT2D eigenvalue weighted by molar-refractivity contribution is -0.141. The standard InChI is InChI=1S/C12H14ClNO2/c1-16-12(15)7-11-10-3-2-9(13)6-8(10)4-5-14-11/h2-3,6,11,14H,4-5,7H2,1H3. The zero-order chi connectivity index (χ0) is 11.5. The molecule has 1 aliphatic heterocycles. The van der Waals surface area contributed by atoms with Crippen LogP contribution < -0.4 is 5.32 Å². The highest BCUT2D eigenvalue weighted by molar-refractivity contribution is 6.30. The van der Waals surface area contributed by atoms with E-state index < -0.39 is 0 Å². The molecule has 1 N–H and O–H groups in total. The van der Waals surface area contributed by atoms with Crippen LogP contribution in [0.15, 0.2) is 18.2 Å². The van der Waals surface area contributed by atoms with E-state index in [4.69, 9.17) is 11.6 Å². The monoisotopic (exact) mass is 239 g/mol. The maximum absolute atomic E-state index is 11.3. The fourth-order valence-corrected chi connectivity index (χ4v) is 2.25. The van der Waals surface area contributed by atoms with Crippen molar-refractivity contribution < 1.29 is 9.53 Å². The van der Waals surface area contributed by atoms with Gasteiger partial charge in [-0.25, -0.2) is 0 Å². The van der Waals surface area contributed by atoms with Crippen molar-refractivity contribution in [2.45, 2.75) is 18.9 Å². The lowest BCUT2D eigenvalue weighted by Crippen LogP contribution is -2.31. The van der Waals surface area contributed by atoms with Crippen molar-refractivity contribution in [2.24, 2.45) is 0 Å². The summed E-state index contributed by atoms with van der Waals surface area (Å²) in [5.74, 6) is -0.194. The molecule has 0 fully saturated rings. The van der Waals surface area contributed by atoms with Gasteiger partial charge in [0.25, 0.3) is 0 Å². The smallest absolute Gasteiger partial charge is 0.307 e. The number of nitrogens with one attached hydrogen (secondary N) is 1. The van der Waals surface area contributed by atoms with Crippen LogP contribution in [0.25, 0.3) is 0 Å². The molecule has 86 valence electrons. The van der Waals surface area contributed by atoms with Crippen molar-refractivity contribution in [1.82, 2.24) is 5.32 Å². The van der Waals surface area contributed by atoms with Crippen LogP contribution in [0.5, 0.6) is 0 Å². The second-order valence-corrected chi connectivity index (χ2v) is 4.32. The second kappa shape index (κ2) is 4.85. The van der Waals surface area contributed by atoms with Gasteiger partial charge in [-0.3, -0.25) is 4.79 Å². The van der Waals surface area contributed by atoms with Crippen molar-refractivity contribution in [3.63, 3.8) is 0 Å².